The molecule has 1 atom stereocenters. The van der Waals surface area contributed by atoms with Gasteiger partial charge in [0.2, 0.25) is 0 Å². The van der Waals surface area contributed by atoms with Gasteiger partial charge < -0.3 is 33.6 Å². The van der Waals surface area contributed by atoms with Gasteiger partial charge in [-0.3, -0.25) is 9.59 Å². The Morgan fingerprint density at radius 2 is 2.11 bits per heavy atom. The number of hydrogen-bond acceptors (Lipinski definition) is 4. The average molecular weight is 333 g/mol. The van der Waals surface area contributed by atoms with Crippen LogP contribution in [0.1, 0.15) is 29.6 Å². The van der Waals surface area contributed by atoms with E-state index in [4.69, 9.17) is 16.6 Å². The molecule has 1 rings (SSSR count). The molecule has 1 aromatic rings. The number of halogens is 1. The number of carbonyl (C=O) groups is 2. The van der Waals surface area contributed by atoms with Gasteiger partial charge in [-0.1, -0.05) is 4.68 Å². The van der Waals surface area contributed by atoms with Crippen molar-refractivity contribution in [3.8, 4) is 0 Å². The molecule has 5 N–H and O–H groups in total. The molecule has 19 heavy (non-hydrogen) atoms. The lowest BCUT2D eigenvalue weighted by atomic mass is 10.1. The molecule has 0 radical (unpaired) electrons. The molecule has 0 aromatic carbocycles. The predicted molar refractivity (Wildman–Crippen MR) is 62.4 cm³/mol. The first-order valence-corrected chi connectivity index (χ1v) is 5.64. The predicted octanol–water partition coefficient (Wildman–Crippen LogP) is -3.95. The number of nitrogens with two attached hydrogens (primary N) is 2. The fraction of sp³-hybridized carbons (Fsp3) is 0.455. The maximum absolute atomic E-state index is 10.8. The first kappa shape index (κ1) is 17.5. The fourth-order valence-electron chi connectivity index (χ4n) is 1.42. The largest absolute Gasteiger partial charge is 1.00 e. The van der Waals surface area contributed by atoms with E-state index in [1.165, 1.54) is 6.20 Å². The van der Waals surface area contributed by atoms with Crippen molar-refractivity contribution in [2.24, 2.45) is 11.5 Å². The molecule has 1 amide bonds. The molecular formula is C11H17BrN4O3. The molecule has 0 saturated carbocycles. The maximum atomic E-state index is 10.8. The normalized spacial score (nSPS) is 11.4. The second-order valence-electron chi connectivity index (χ2n) is 3.98. The van der Waals surface area contributed by atoms with Crippen molar-refractivity contribution in [2.45, 2.75) is 31.8 Å². The summed E-state index contributed by atoms with van der Waals surface area (Å²) in [4.78, 5) is 21.3. The number of carboxylic acid groups (broad SMARTS) is 1. The third-order valence-corrected chi connectivity index (χ3v) is 2.53. The number of aromatic nitrogens is 2. The molecule has 0 fully saturated rings. The van der Waals surface area contributed by atoms with Gasteiger partial charge in [0.1, 0.15) is 12.2 Å². The Balaban J connectivity index is 0.00000324. The number of aryl methyl sites for hydroxylation is 1. The van der Waals surface area contributed by atoms with E-state index in [0.29, 0.717) is 24.9 Å². The standard InChI is InChI=1S/C11H16N4O3.BrH/c12-9(11(17)18)3-1-2-5-15-6-4-8(7-14-15)10(13)16;/h4,6-7,9H,1-3,5,12H2,(H2-,13,16,17,18);1H/t9-;/m0./s1. The Kier molecular flexibility index (Phi) is 7.85. The number of carbonyl (C=O) groups excluding carboxylic acids is 1. The molecule has 0 spiro atoms. The molecule has 0 aliphatic rings. The molecule has 0 aliphatic heterocycles. The van der Waals surface area contributed by atoms with Gasteiger partial charge >= 0.3 is 5.97 Å². The van der Waals surface area contributed by atoms with Gasteiger partial charge in [-0.25, -0.2) is 0 Å². The van der Waals surface area contributed by atoms with Gasteiger partial charge in [0.25, 0.3) is 5.91 Å². The molecule has 7 nitrogen and oxygen atoms in total. The second kappa shape index (κ2) is 8.54. The Bertz CT molecular complexity index is 424. The quantitative estimate of drug-likeness (QED) is 0.347. The summed E-state index contributed by atoms with van der Waals surface area (Å²) >= 11 is 0. The molecule has 1 aromatic heterocycles. The van der Waals surface area contributed by atoms with Crippen LogP contribution in [0.5, 0.6) is 0 Å². The molecular weight excluding hydrogens is 316 g/mol. The Labute approximate surface area is 121 Å². The zero-order valence-corrected chi connectivity index (χ0v) is 11.9. The molecule has 8 heteroatoms. The number of unbranched alkanes of at least 4 members (excludes halogenated alkanes) is 1. The van der Waals surface area contributed by atoms with Crippen LogP contribution in [-0.2, 0) is 11.3 Å². The lowest BCUT2D eigenvalue weighted by Gasteiger charge is -2.03. The van der Waals surface area contributed by atoms with Crippen LogP contribution in [0.2, 0.25) is 0 Å². The summed E-state index contributed by atoms with van der Waals surface area (Å²) in [5, 5.41) is 12.6. The van der Waals surface area contributed by atoms with Crippen molar-refractivity contribution in [1.82, 2.24) is 5.10 Å². The van der Waals surface area contributed by atoms with Crippen LogP contribution >= 0.6 is 0 Å². The van der Waals surface area contributed by atoms with Crippen molar-refractivity contribution in [1.29, 1.82) is 0 Å². The van der Waals surface area contributed by atoms with Crippen LogP contribution in [0, 0.1) is 0 Å². The van der Waals surface area contributed by atoms with E-state index in [1.54, 1.807) is 16.9 Å². The van der Waals surface area contributed by atoms with E-state index in [2.05, 4.69) is 5.10 Å². The molecule has 0 aliphatic carbocycles. The second-order valence-corrected chi connectivity index (χ2v) is 3.98. The van der Waals surface area contributed by atoms with E-state index in [-0.39, 0.29) is 17.0 Å². The first-order valence-electron chi connectivity index (χ1n) is 5.64. The highest BCUT2D eigenvalue weighted by Crippen LogP contribution is 1.99. The number of amides is 1. The third kappa shape index (κ3) is 6.25. The summed E-state index contributed by atoms with van der Waals surface area (Å²) in [5.74, 6) is -1.49. The Morgan fingerprint density at radius 1 is 1.42 bits per heavy atom. The molecule has 0 bridgehead atoms. The summed E-state index contributed by atoms with van der Waals surface area (Å²) in [6.07, 6.45) is 4.99. The number of primary amides is 1. The number of nitrogens with zero attached hydrogens (tertiary/aromatic N) is 2. The summed E-state index contributed by atoms with van der Waals surface area (Å²) < 4.78 is 1.67. The summed E-state index contributed by atoms with van der Waals surface area (Å²) in [7, 11) is 0. The summed E-state index contributed by atoms with van der Waals surface area (Å²) in [5.41, 5.74) is 10.8. The topological polar surface area (TPSA) is 123 Å². The SMILES string of the molecule is NC(=O)c1cc[n+](CCCC[C@H](N)C(=O)O)nc1.[Br-]. The highest BCUT2D eigenvalue weighted by atomic mass is 79.9. The van der Waals surface area contributed by atoms with Gasteiger partial charge in [0.15, 0.2) is 12.7 Å². The summed E-state index contributed by atoms with van der Waals surface area (Å²) in [6, 6.07) is 0.790. The van der Waals surface area contributed by atoms with Crippen LogP contribution in [0.3, 0.4) is 0 Å². The lowest BCUT2D eigenvalue weighted by Crippen LogP contribution is -3.00. The van der Waals surface area contributed by atoms with Crippen LogP contribution < -0.4 is 33.1 Å². The molecule has 0 unspecified atom stereocenters. The average Bonchev–Trinajstić information content (AvgIpc) is 2.34. The highest BCUT2D eigenvalue weighted by molar-refractivity contribution is 5.92. The molecule has 106 valence electrons. The van der Waals surface area contributed by atoms with E-state index < -0.39 is 17.9 Å². The molecule has 1 heterocycles. The van der Waals surface area contributed by atoms with Gasteiger partial charge in [-0.05, 0) is 17.9 Å². The van der Waals surface area contributed by atoms with Crippen molar-refractivity contribution in [3.05, 3.63) is 24.0 Å². The number of hydrogen-bond donors (Lipinski definition) is 3. The van der Waals surface area contributed by atoms with Crippen LogP contribution in [0.25, 0.3) is 0 Å². The minimum atomic E-state index is -0.980. The third-order valence-electron chi connectivity index (χ3n) is 2.53. The zero-order valence-electron chi connectivity index (χ0n) is 10.3. The summed E-state index contributed by atoms with van der Waals surface area (Å²) in [6.45, 7) is 0.644. The van der Waals surface area contributed by atoms with E-state index >= 15 is 0 Å². The maximum Gasteiger partial charge on any atom is 0.320 e. The smallest absolute Gasteiger partial charge is 0.320 e. The zero-order chi connectivity index (χ0) is 13.5. The lowest BCUT2D eigenvalue weighted by molar-refractivity contribution is -0.754. The molecule has 0 saturated heterocycles. The fourth-order valence-corrected chi connectivity index (χ4v) is 1.42. The van der Waals surface area contributed by atoms with Gasteiger partial charge in [-0.2, -0.15) is 0 Å². The number of rotatable bonds is 7. The Morgan fingerprint density at radius 3 is 2.58 bits per heavy atom. The van der Waals surface area contributed by atoms with Gasteiger partial charge in [0.05, 0.1) is 5.56 Å². The highest BCUT2D eigenvalue weighted by Gasteiger charge is 2.11. The monoisotopic (exact) mass is 332 g/mol. The Hall–Kier alpha value is -1.54. The van der Waals surface area contributed by atoms with Crippen LogP contribution in [-0.4, -0.2) is 28.1 Å². The van der Waals surface area contributed by atoms with Crippen LogP contribution in [0.15, 0.2) is 18.5 Å². The van der Waals surface area contributed by atoms with Gasteiger partial charge in [-0.15, -0.1) is 0 Å². The van der Waals surface area contributed by atoms with E-state index in [1.807, 2.05) is 0 Å². The minimum Gasteiger partial charge on any atom is -1.00 e. The van der Waals surface area contributed by atoms with Crippen molar-refractivity contribution < 1.29 is 36.4 Å². The first-order chi connectivity index (χ1) is 8.50. The van der Waals surface area contributed by atoms with Gasteiger partial charge in [0, 0.05) is 12.5 Å². The van der Waals surface area contributed by atoms with Crippen molar-refractivity contribution in [2.75, 3.05) is 0 Å². The number of aliphatic carboxylic acids is 1. The van der Waals surface area contributed by atoms with E-state index in [9.17, 15) is 9.59 Å². The van der Waals surface area contributed by atoms with Crippen molar-refractivity contribution in [3.63, 3.8) is 0 Å². The number of carboxylic acids is 1. The van der Waals surface area contributed by atoms with Crippen molar-refractivity contribution >= 4 is 11.9 Å². The van der Waals surface area contributed by atoms with E-state index in [0.717, 1.165) is 6.42 Å². The minimum absolute atomic E-state index is 0. The van der Waals surface area contributed by atoms with Crippen LogP contribution in [0.4, 0.5) is 0 Å².